The van der Waals surface area contributed by atoms with Crippen molar-refractivity contribution in [3.05, 3.63) is 64.2 Å². The van der Waals surface area contributed by atoms with Gasteiger partial charge in [-0.2, -0.15) is 0 Å². The van der Waals surface area contributed by atoms with Gasteiger partial charge in [0.15, 0.2) is 0 Å². The molecule has 2 heterocycles. The van der Waals surface area contributed by atoms with Crippen molar-refractivity contribution in [3.8, 4) is 0 Å². The van der Waals surface area contributed by atoms with E-state index in [0.29, 0.717) is 30.6 Å². The number of nitrogens with zero attached hydrogens (tertiary/aromatic N) is 1. The number of hydrogen-bond acceptors (Lipinski definition) is 6. The SMILES string of the molecule is CC.CC.CC(=O)Nc1cc(C)c(C(=O)NC(C)C(=O)N2CCCC2C(=O)NC2CC(=O)OC2C)cc1Cl.CCCCc1ccccc1. The predicted molar refractivity (Wildman–Crippen MR) is 192 cm³/mol. The Balaban J connectivity index is 0.000000691. The summed E-state index contributed by atoms with van der Waals surface area (Å²) in [7, 11) is 0. The molecule has 4 rings (SSSR count). The van der Waals surface area contributed by atoms with Gasteiger partial charge in [0, 0.05) is 19.0 Å². The van der Waals surface area contributed by atoms with Crippen LogP contribution in [0.3, 0.4) is 0 Å². The fraction of sp³-hybridized carbons (Fsp3) is 0.541. The maximum atomic E-state index is 13.1. The summed E-state index contributed by atoms with van der Waals surface area (Å²) in [5.41, 5.74) is 2.70. The Hall–Kier alpha value is -3.92. The Morgan fingerprint density at radius 2 is 1.71 bits per heavy atom. The fourth-order valence-corrected chi connectivity index (χ4v) is 5.47. The van der Waals surface area contributed by atoms with Crippen LogP contribution >= 0.6 is 11.6 Å². The third kappa shape index (κ3) is 12.9. The second-order valence-corrected chi connectivity index (χ2v) is 11.7. The van der Waals surface area contributed by atoms with Gasteiger partial charge in [0.05, 0.1) is 23.2 Å². The highest BCUT2D eigenvalue weighted by Crippen LogP contribution is 2.26. The highest BCUT2D eigenvalue weighted by atomic mass is 35.5. The van der Waals surface area contributed by atoms with E-state index in [1.807, 2.05) is 27.7 Å². The number of ether oxygens (including phenoxy) is 1. The number of hydrogen-bond donors (Lipinski definition) is 3. The van der Waals surface area contributed by atoms with E-state index >= 15 is 0 Å². The van der Waals surface area contributed by atoms with E-state index in [1.54, 1.807) is 26.8 Å². The molecular formula is C37H55ClN4O6. The zero-order valence-electron chi connectivity index (χ0n) is 30.1. The van der Waals surface area contributed by atoms with Gasteiger partial charge in [-0.15, -0.1) is 0 Å². The highest BCUT2D eigenvalue weighted by Gasteiger charge is 2.39. The molecule has 0 aromatic heterocycles. The molecule has 266 valence electrons. The molecule has 2 aliphatic rings. The van der Waals surface area contributed by atoms with Crippen LogP contribution in [-0.4, -0.2) is 65.3 Å². The van der Waals surface area contributed by atoms with Crippen molar-refractivity contribution in [1.82, 2.24) is 15.5 Å². The summed E-state index contributed by atoms with van der Waals surface area (Å²) in [6.07, 6.45) is 4.65. The number of benzene rings is 2. The van der Waals surface area contributed by atoms with Crippen LogP contribution < -0.4 is 16.0 Å². The molecule has 10 nitrogen and oxygen atoms in total. The van der Waals surface area contributed by atoms with Crippen molar-refractivity contribution in [2.24, 2.45) is 0 Å². The Morgan fingerprint density at radius 3 is 2.27 bits per heavy atom. The number of anilines is 1. The second kappa shape index (κ2) is 21.9. The van der Waals surface area contributed by atoms with Crippen molar-refractivity contribution < 1.29 is 28.7 Å². The van der Waals surface area contributed by atoms with E-state index in [0.717, 1.165) is 0 Å². The van der Waals surface area contributed by atoms with E-state index in [1.165, 1.54) is 42.7 Å². The van der Waals surface area contributed by atoms with E-state index in [-0.39, 0.29) is 40.7 Å². The third-order valence-corrected chi connectivity index (χ3v) is 8.00. The standard InChI is InChI=1S/C23H29ClN4O6.C10H14.2C2H6/c1-11-8-18(26-14(4)29)16(24)9-15(11)21(31)25-12(2)23(33)28-7-5-6-19(28)22(32)27-17-10-20(30)34-13(17)3;1-2-3-7-10-8-5-4-6-9-10;2*1-2/h8-9,12-13,17,19H,5-7,10H2,1-4H3,(H,25,31)(H,26,29)(H,27,32);4-6,8-9H,2-3,7H2,1H3;2*1-2H3. The molecular weight excluding hydrogens is 632 g/mol. The first kappa shape index (κ1) is 42.1. The number of aryl methyl sites for hydroxylation is 2. The first-order valence-electron chi connectivity index (χ1n) is 17.1. The number of unbranched alkanes of at least 4 members (excludes halogenated alkanes) is 1. The molecule has 2 fully saturated rings. The maximum Gasteiger partial charge on any atom is 0.308 e. The molecule has 2 aromatic rings. The minimum atomic E-state index is -0.885. The van der Waals surface area contributed by atoms with Crippen molar-refractivity contribution in [1.29, 1.82) is 0 Å². The molecule has 4 unspecified atom stereocenters. The number of carbonyl (C=O) groups is 5. The number of halogens is 1. The lowest BCUT2D eigenvalue weighted by molar-refractivity contribution is -0.141. The Kier molecular flexibility index (Phi) is 19.2. The van der Waals surface area contributed by atoms with Crippen molar-refractivity contribution in [2.75, 3.05) is 11.9 Å². The van der Waals surface area contributed by atoms with Gasteiger partial charge in [-0.25, -0.2) is 0 Å². The molecule has 0 aliphatic carbocycles. The van der Waals surface area contributed by atoms with Crippen molar-refractivity contribution in [2.45, 2.75) is 125 Å². The van der Waals surface area contributed by atoms with E-state index < -0.39 is 30.1 Å². The molecule has 0 radical (unpaired) electrons. The minimum Gasteiger partial charge on any atom is -0.460 e. The molecule has 0 saturated carbocycles. The molecule has 0 bridgehead atoms. The van der Waals surface area contributed by atoms with Gasteiger partial charge in [0.1, 0.15) is 18.2 Å². The molecule has 2 saturated heterocycles. The molecule has 0 spiro atoms. The summed E-state index contributed by atoms with van der Waals surface area (Å²) in [6, 6.07) is 11.7. The Labute approximate surface area is 291 Å². The zero-order valence-corrected chi connectivity index (χ0v) is 30.8. The fourth-order valence-electron chi connectivity index (χ4n) is 5.26. The number of amides is 4. The Bertz CT molecular complexity index is 1350. The van der Waals surface area contributed by atoms with Crippen LogP contribution in [0.15, 0.2) is 42.5 Å². The van der Waals surface area contributed by atoms with Gasteiger partial charge in [-0.3, -0.25) is 24.0 Å². The van der Waals surface area contributed by atoms with Gasteiger partial charge in [0.2, 0.25) is 17.7 Å². The smallest absolute Gasteiger partial charge is 0.308 e. The van der Waals surface area contributed by atoms with Gasteiger partial charge in [-0.1, -0.05) is 83.0 Å². The lowest BCUT2D eigenvalue weighted by Gasteiger charge is -2.28. The monoisotopic (exact) mass is 686 g/mol. The Morgan fingerprint density at radius 1 is 1.06 bits per heavy atom. The predicted octanol–water partition coefficient (Wildman–Crippen LogP) is 6.62. The number of carbonyl (C=O) groups excluding carboxylic acids is 5. The van der Waals surface area contributed by atoms with Gasteiger partial charge in [-0.05, 0) is 69.7 Å². The molecule has 48 heavy (non-hydrogen) atoms. The van der Waals surface area contributed by atoms with Crippen LogP contribution in [0.5, 0.6) is 0 Å². The van der Waals surface area contributed by atoms with Crippen LogP contribution in [0, 0.1) is 6.92 Å². The van der Waals surface area contributed by atoms with Crippen LogP contribution in [0.2, 0.25) is 5.02 Å². The average molecular weight is 687 g/mol. The topological polar surface area (TPSA) is 134 Å². The van der Waals surface area contributed by atoms with Crippen molar-refractivity contribution in [3.63, 3.8) is 0 Å². The normalized spacial score (nSPS) is 18.3. The molecule has 11 heteroatoms. The van der Waals surface area contributed by atoms with Gasteiger partial charge >= 0.3 is 5.97 Å². The lowest BCUT2D eigenvalue weighted by Crippen LogP contribution is -2.54. The summed E-state index contributed by atoms with van der Waals surface area (Å²) < 4.78 is 5.07. The molecule has 3 N–H and O–H groups in total. The summed E-state index contributed by atoms with van der Waals surface area (Å²) in [5, 5.41) is 8.28. The second-order valence-electron chi connectivity index (χ2n) is 11.3. The van der Waals surface area contributed by atoms with E-state index in [9.17, 15) is 24.0 Å². The number of rotatable bonds is 9. The summed E-state index contributed by atoms with van der Waals surface area (Å²) in [4.78, 5) is 63.0. The number of nitrogens with one attached hydrogen (secondary N) is 3. The molecule has 4 amide bonds. The van der Waals surface area contributed by atoms with Crippen LogP contribution in [0.4, 0.5) is 5.69 Å². The highest BCUT2D eigenvalue weighted by molar-refractivity contribution is 6.34. The molecule has 2 aromatic carbocycles. The van der Waals surface area contributed by atoms with E-state index in [2.05, 4.69) is 53.2 Å². The summed E-state index contributed by atoms with van der Waals surface area (Å²) in [5.74, 6) is -1.87. The summed E-state index contributed by atoms with van der Waals surface area (Å²) >= 11 is 6.19. The van der Waals surface area contributed by atoms with E-state index in [4.69, 9.17) is 16.3 Å². The number of esters is 1. The zero-order chi connectivity index (χ0) is 36.4. The van der Waals surface area contributed by atoms with Crippen LogP contribution in [0.25, 0.3) is 0 Å². The number of cyclic esters (lactones) is 1. The molecule has 4 atom stereocenters. The van der Waals surface area contributed by atoms with Crippen LogP contribution in [0.1, 0.15) is 109 Å². The first-order chi connectivity index (χ1) is 22.9. The molecule has 2 aliphatic heterocycles. The maximum absolute atomic E-state index is 13.1. The van der Waals surface area contributed by atoms with Crippen molar-refractivity contribution >= 4 is 46.9 Å². The average Bonchev–Trinajstić information content (AvgIpc) is 3.69. The quantitative estimate of drug-likeness (QED) is 0.254. The van der Waals surface area contributed by atoms with Gasteiger partial charge < -0.3 is 25.6 Å². The van der Waals surface area contributed by atoms with Gasteiger partial charge in [0.25, 0.3) is 5.91 Å². The number of likely N-dealkylation sites (tertiary alicyclic amines) is 1. The lowest BCUT2D eigenvalue weighted by atomic mass is 10.1. The summed E-state index contributed by atoms with van der Waals surface area (Å²) in [6.45, 7) is 16.9. The largest absolute Gasteiger partial charge is 0.460 e. The first-order valence-corrected chi connectivity index (χ1v) is 17.5. The minimum absolute atomic E-state index is 0.0999. The van der Waals surface area contributed by atoms with Crippen LogP contribution in [-0.2, 0) is 30.3 Å². The third-order valence-electron chi connectivity index (χ3n) is 7.69.